The molecule has 0 aromatic carbocycles. The summed E-state index contributed by atoms with van der Waals surface area (Å²) in [6, 6.07) is 3.80. The van der Waals surface area contributed by atoms with Crippen LogP contribution in [0.5, 0.6) is 0 Å². The molecule has 0 aliphatic carbocycles. The average molecular weight is 469 g/mol. The van der Waals surface area contributed by atoms with Gasteiger partial charge in [-0.25, -0.2) is 4.98 Å². The zero-order chi connectivity index (χ0) is 23.4. The summed E-state index contributed by atoms with van der Waals surface area (Å²) in [5, 5.41) is 5.13. The minimum atomic E-state index is -0.318. The van der Waals surface area contributed by atoms with Crippen LogP contribution >= 0.6 is 11.3 Å². The van der Waals surface area contributed by atoms with E-state index in [0.717, 1.165) is 26.7 Å². The van der Waals surface area contributed by atoms with E-state index in [2.05, 4.69) is 15.1 Å². The van der Waals surface area contributed by atoms with E-state index in [1.165, 1.54) is 11.3 Å². The second kappa shape index (κ2) is 10.2. The third-order valence-corrected chi connectivity index (χ3v) is 6.60. The molecule has 0 radical (unpaired) electrons. The summed E-state index contributed by atoms with van der Waals surface area (Å²) in [6.07, 6.45) is 7.03. The molecule has 1 fully saturated rings. The predicted octanol–water partition coefficient (Wildman–Crippen LogP) is 1.89. The molecule has 1 aliphatic heterocycles. The molecule has 3 aromatic heterocycles. The number of ether oxygens (including phenoxy) is 1. The molecule has 0 N–H and O–H groups in total. The second-order valence-electron chi connectivity index (χ2n) is 8.28. The van der Waals surface area contributed by atoms with Gasteiger partial charge in [-0.1, -0.05) is 6.07 Å². The normalized spacial score (nSPS) is 16.8. The quantitative estimate of drug-likeness (QED) is 0.526. The standard InChI is InChI=1S/C23H28N6O3S/c1-16-21(33-17(2)26-16)7-22(30)29-13-20(32-15-18-5-4-6-24-8-18)12-28(23(31)14-29)11-19-9-25-27(3)10-19/h4-6,8-10,20H,7,11-15H2,1-3H3. The first-order valence-corrected chi connectivity index (χ1v) is 11.7. The maximum Gasteiger partial charge on any atom is 0.242 e. The lowest BCUT2D eigenvalue weighted by Gasteiger charge is -2.24. The zero-order valence-electron chi connectivity index (χ0n) is 19.1. The first-order chi connectivity index (χ1) is 15.9. The minimum absolute atomic E-state index is 0.0304. The van der Waals surface area contributed by atoms with Crippen molar-refractivity contribution in [2.75, 3.05) is 19.6 Å². The van der Waals surface area contributed by atoms with E-state index >= 15 is 0 Å². The van der Waals surface area contributed by atoms with E-state index in [1.807, 2.05) is 39.2 Å². The number of carbonyl (C=O) groups is 2. The highest BCUT2D eigenvalue weighted by Crippen LogP contribution is 2.20. The van der Waals surface area contributed by atoms with Crippen molar-refractivity contribution in [2.24, 2.45) is 7.05 Å². The lowest BCUT2D eigenvalue weighted by molar-refractivity contribution is -0.138. The number of rotatable bonds is 7. The third kappa shape index (κ3) is 6.02. The van der Waals surface area contributed by atoms with Crippen LogP contribution in [0.1, 0.15) is 26.7 Å². The predicted molar refractivity (Wildman–Crippen MR) is 123 cm³/mol. The number of carbonyl (C=O) groups excluding carboxylic acids is 2. The number of nitrogens with zero attached hydrogens (tertiary/aromatic N) is 6. The highest BCUT2D eigenvalue weighted by Gasteiger charge is 2.31. The molecule has 2 amide bonds. The molecule has 4 heterocycles. The van der Waals surface area contributed by atoms with Gasteiger partial charge in [0, 0.05) is 55.7 Å². The smallest absolute Gasteiger partial charge is 0.242 e. The second-order valence-corrected chi connectivity index (χ2v) is 9.57. The Morgan fingerprint density at radius 2 is 2.09 bits per heavy atom. The van der Waals surface area contributed by atoms with E-state index in [0.29, 0.717) is 26.2 Å². The van der Waals surface area contributed by atoms with Crippen LogP contribution in [0.3, 0.4) is 0 Å². The summed E-state index contributed by atoms with van der Waals surface area (Å²) in [7, 11) is 1.84. The van der Waals surface area contributed by atoms with E-state index < -0.39 is 0 Å². The SMILES string of the molecule is Cc1nc(C)c(CC(=O)N2CC(=O)N(Cc3cnn(C)c3)CC(OCc3cccnc3)C2)s1. The molecule has 10 heteroatoms. The molecule has 1 atom stereocenters. The molecule has 0 bridgehead atoms. The Balaban J connectivity index is 1.50. The Bertz CT molecular complexity index is 1110. The molecule has 0 spiro atoms. The Kier molecular flexibility index (Phi) is 7.14. The zero-order valence-corrected chi connectivity index (χ0v) is 19.9. The number of pyridine rings is 1. The van der Waals surface area contributed by atoms with Crippen molar-refractivity contribution in [3.63, 3.8) is 0 Å². The number of hydrogen-bond acceptors (Lipinski definition) is 7. The monoisotopic (exact) mass is 468 g/mol. The van der Waals surface area contributed by atoms with Gasteiger partial charge < -0.3 is 14.5 Å². The lowest BCUT2D eigenvalue weighted by Crippen LogP contribution is -2.40. The van der Waals surface area contributed by atoms with Crippen molar-refractivity contribution in [1.82, 2.24) is 29.5 Å². The van der Waals surface area contributed by atoms with Crippen molar-refractivity contribution in [2.45, 2.75) is 39.5 Å². The van der Waals surface area contributed by atoms with Crippen LogP contribution in [0.15, 0.2) is 36.9 Å². The number of amides is 2. The Labute approximate surface area is 197 Å². The largest absolute Gasteiger partial charge is 0.370 e. The first-order valence-electron chi connectivity index (χ1n) is 10.8. The van der Waals surface area contributed by atoms with Gasteiger partial charge >= 0.3 is 0 Å². The molecule has 9 nitrogen and oxygen atoms in total. The van der Waals surface area contributed by atoms with E-state index in [4.69, 9.17) is 4.74 Å². The molecular weight excluding hydrogens is 440 g/mol. The van der Waals surface area contributed by atoms with Gasteiger partial charge in [-0.15, -0.1) is 11.3 Å². The van der Waals surface area contributed by atoms with Gasteiger partial charge in [0.05, 0.1) is 42.6 Å². The number of hydrogen-bond donors (Lipinski definition) is 0. The van der Waals surface area contributed by atoms with Crippen LogP contribution < -0.4 is 0 Å². The van der Waals surface area contributed by atoms with Crippen molar-refractivity contribution in [3.8, 4) is 0 Å². The molecule has 1 saturated heterocycles. The van der Waals surface area contributed by atoms with Gasteiger partial charge in [-0.2, -0.15) is 5.10 Å². The van der Waals surface area contributed by atoms with E-state index in [-0.39, 0.29) is 30.9 Å². The Morgan fingerprint density at radius 3 is 2.76 bits per heavy atom. The fourth-order valence-electron chi connectivity index (χ4n) is 3.89. The van der Waals surface area contributed by atoms with Crippen LogP contribution in [0.4, 0.5) is 0 Å². The fraction of sp³-hybridized carbons (Fsp3) is 0.435. The molecule has 33 heavy (non-hydrogen) atoms. The molecule has 1 aliphatic rings. The minimum Gasteiger partial charge on any atom is -0.370 e. The molecule has 3 aromatic rings. The van der Waals surface area contributed by atoms with Crippen LogP contribution in [0, 0.1) is 13.8 Å². The highest BCUT2D eigenvalue weighted by molar-refractivity contribution is 7.11. The highest BCUT2D eigenvalue weighted by atomic mass is 32.1. The molecule has 0 saturated carbocycles. The van der Waals surface area contributed by atoms with Crippen LogP contribution in [0.2, 0.25) is 0 Å². The van der Waals surface area contributed by atoms with Crippen LogP contribution in [-0.4, -0.2) is 67.1 Å². The number of thiazole rings is 1. The van der Waals surface area contributed by atoms with Gasteiger partial charge in [0.25, 0.3) is 0 Å². The summed E-state index contributed by atoms with van der Waals surface area (Å²) in [5.41, 5.74) is 2.75. The molecule has 1 unspecified atom stereocenters. The lowest BCUT2D eigenvalue weighted by atomic mass is 10.2. The number of aromatic nitrogens is 4. The summed E-state index contributed by atoms with van der Waals surface area (Å²) in [4.78, 5) is 39.1. The summed E-state index contributed by atoms with van der Waals surface area (Å²) in [6.45, 7) is 5.41. The van der Waals surface area contributed by atoms with Gasteiger partial charge in [0.1, 0.15) is 0 Å². The van der Waals surface area contributed by atoms with Gasteiger partial charge in [0.2, 0.25) is 11.8 Å². The Morgan fingerprint density at radius 1 is 1.24 bits per heavy atom. The summed E-state index contributed by atoms with van der Waals surface area (Å²) in [5.74, 6) is -0.190. The average Bonchev–Trinajstić information content (AvgIpc) is 3.29. The third-order valence-electron chi connectivity index (χ3n) is 5.53. The van der Waals surface area contributed by atoms with Crippen molar-refractivity contribution in [3.05, 3.63) is 63.6 Å². The Hall–Kier alpha value is -3.11. The maximum atomic E-state index is 13.2. The van der Waals surface area contributed by atoms with Gasteiger partial charge in [-0.3, -0.25) is 19.3 Å². The topological polar surface area (TPSA) is 93.5 Å². The van der Waals surface area contributed by atoms with Crippen molar-refractivity contribution in [1.29, 1.82) is 0 Å². The molecular formula is C23H28N6O3S. The number of aryl methyl sites for hydroxylation is 3. The summed E-state index contributed by atoms with van der Waals surface area (Å²) < 4.78 is 7.88. The molecule has 174 valence electrons. The van der Waals surface area contributed by atoms with Crippen LogP contribution in [0.25, 0.3) is 0 Å². The molecule has 4 rings (SSSR count). The van der Waals surface area contributed by atoms with Crippen molar-refractivity contribution < 1.29 is 14.3 Å². The van der Waals surface area contributed by atoms with Gasteiger partial charge in [0.15, 0.2) is 0 Å². The van der Waals surface area contributed by atoms with Crippen molar-refractivity contribution >= 4 is 23.2 Å². The van der Waals surface area contributed by atoms with E-state index in [1.54, 1.807) is 33.1 Å². The van der Waals surface area contributed by atoms with Crippen LogP contribution in [-0.2, 0) is 40.9 Å². The summed E-state index contributed by atoms with van der Waals surface area (Å²) >= 11 is 1.52. The maximum absolute atomic E-state index is 13.2. The first kappa shape index (κ1) is 23.1. The fourth-order valence-corrected chi connectivity index (χ4v) is 4.81. The van der Waals surface area contributed by atoms with Gasteiger partial charge in [-0.05, 0) is 25.5 Å². The van der Waals surface area contributed by atoms with E-state index in [9.17, 15) is 9.59 Å².